The maximum absolute atomic E-state index is 14.3. The van der Waals surface area contributed by atoms with Gasteiger partial charge in [-0.25, -0.2) is 14.6 Å². The van der Waals surface area contributed by atoms with Gasteiger partial charge in [0.15, 0.2) is 16.9 Å². The number of amides is 1. The predicted octanol–water partition coefficient (Wildman–Crippen LogP) is 4.34. The van der Waals surface area contributed by atoms with Gasteiger partial charge in [-0.1, -0.05) is 30.2 Å². The summed E-state index contributed by atoms with van der Waals surface area (Å²) in [7, 11) is 1.61. The third-order valence-corrected chi connectivity index (χ3v) is 7.90. The van der Waals surface area contributed by atoms with E-state index in [1.54, 1.807) is 18.5 Å². The molecule has 4 heterocycles. The SMILES string of the molecule is CC#CCn1c(N2CCC[C@@H](NC(=O)OC(C)(C)C)C2)nc2c1c(=O)n(CC1=Nc3ccccc3Oc3ccccc31)c(=O)n2C. The molecule has 46 heavy (non-hydrogen) atoms. The van der Waals surface area contributed by atoms with Crippen molar-refractivity contribution in [2.75, 3.05) is 18.0 Å². The van der Waals surface area contributed by atoms with Gasteiger partial charge in [0.2, 0.25) is 5.95 Å². The number of piperidine rings is 1. The van der Waals surface area contributed by atoms with Gasteiger partial charge in [-0.15, -0.1) is 5.92 Å². The highest BCUT2D eigenvalue weighted by atomic mass is 16.6. The molecule has 6 rings (SSSR count). The molecule has 0 unspecified atom stereocenters. The van der Waals surface area contributed by atoms with Gasteiger partial charge in [-0.3, -0.25) is 18.5 Å². The van der Waals surface area contributed by atoms with Gasteiger partial charge in [0.25, 0.3) is 5.56 Å². The van der Waals surface area contributed by atoms with E-state index >= 15 is 0 Å². The van der Waals surface area contributed by atoms with Crippen LogP contribution in [0.5, 0.6) is 11.5 Å². The van der Waals surface area contributed by atoms with Crippen LogP contribution in [0.25, 0.3) is 11.2 Å². The van der Waals surface area contributed by atoms with Crippen LogP contribution in [0.1, 0.15) is 46.1 Å². The van der Waals surface area contributed by atoms with Crippen LogP contribution < -0.4 is 26.2 Å². The number of aryl methyl sites for hydroxylation is 1. The number of rotatable bonds is 5. The zero-order chi connectivity index (χ0) is 32.6. The van der Waals surface area contributed by atoms with E-state index in [1.165, 1.54) is 9.13 Å². The fourth-order valence-corrected chi connectivity index (χ4v) is 5.82. The highest BCUT2D eigenvalue weighted by Crippen LogP contribution is 2.37. The summed E-state index contributed by atoms with van der Waals surface area (Å²) in [6.07, 6.45) is 1.08. The summed E-state index contributed by atoms with van der Waals surface area (Å²) in [5, 5.41) is 2.97. The Morgan fingerprint density at radius 1 is 1.09 bits per heavy atom. The Morgan fingerprint density at radius 2 is 1.83 bits per heavy atom. The Labute approximate surface area is 266 Å². The third-order valence-electron chi connectivity index (χ3n) is 7.90. The predicted molar refractivity (Wildman–Crippen MR) is 176 cm³/mol. The lowest BCUT2D eigenvalue weighted by molar-refractivity contribution is 0.0499. The molecule has 238 valence electrons. The first-order valence-electron chi connectivity index (χ1n) is 15.3. The summed E-state index contributed by atoms with van der Waals surface area (Å²) in [4.78, 5) is 52.3. The second kappa shape index (κ2) is 12.2. The summed E-state index contributed by atoms with van der Waals surface area (Å²) in [6, 6.07) is 14.6. The summed E-state index contributed by atoms with van der Waals surface area (Å²) in [5.41, 5.74) is 0.716. The van der Waals surface area contributed by atoms with Gasteiger partial charge < -0.3 is 19.7 Å². The molecule has 1 amide bonds. The monoisotopic (exact) mass is 623 g/mol. The number of ether oxygens (including phenoxy) is 2. The second-order valence-electron chi connectivity index (χ2n) is 12.4. The number of alkyl carbamates (subject to hydrolysis) is 1. The molecule has 0 spiro atoms. The van der Waals surface area contributed by atoms with Crippen molar-refractivity contribution in [3.05, 3.63) is 74.9 Å². The minimum atomic E-state index is -0.614. The van der Waals surface area contributed by atoms with Crippen LogP contribution in [0, 0.1) is 11.8 Å². The van der Waals surface area contributed by atoms with Gasteiger partial charge in [0.05, 0.1) is 18.8 Å². The van der Waals surface area contributed by atoms with E-state index in [1.807, 2.05) is 74.2 Å². The van der Waals surface area contributed by atoms with Gasteiger partial charge >= 0.3 is 11.8 Å². The van der Waals surface area contributed by atoms with Crippen molar-refractivity contribution in [2.24, 2.45) is 12.0 Å². The van der Waals surface area contributed by atoms with Crippen LogP contribution in [0.2, 0.25) is 0 Å². The first-order chi connectivity index (χ1) is 22.0. The summed E-state index contributed by atoms with van der Waals surface area (Å²) in [5.74, 6) is 7.66. The molecular formula is C34H37N7O5. The van der Waals surface area contributed by atoms with E-state index in [4.69, 9.17) is 19.5 Å². The Balaban J connectivity index is 1.42. The van der Waals surface area contributed by atoms with Crippen molar-refractivity contribution in [2.45, 2.75) is 65.3 Å². The van der Waals surface area contributed by atoms with Gasteiger partial charge in [0, 0.05) is 31.7 Å². The molecule has 0 radical (unpaired) electrons. The zero-order valence-corrected chi connectivity index (χ0v) is 26.7. The topological polar surface area (TPSA) is 125 Å². The lowest BCUT2D eigenvalue weighted by Crippen LogP contribution is -2.49. The van der Waals surface area contributed by atoms with Crippen LogP contribution in [0.4, 0.5) is 16.4 Å². The Kier molecular flexibility index (Phi) is 8.17. The molecular weight excluding hydrogens is 586 g/mol. The number of carbonyl (C=O) groups excluding carboxylic acids is 1. The molecule has 2 aromatic carbocycles. The molecule has 0 bridgehead atoms. The number of anilines is 1. The minimum Gasteiger partial charge on any atom is -0.454 e. The van der Waals surface area contributed by atoms with Crippen molar-refractivity contribution in [3.63, 3.8) is 0 Å². The number of aliphatic imine (C=N–C) groups is 1. The second-order valence-corrected chi connectivity index (χ2v) is 12.4. The smallest absolute Gasteiger partial charge is 0.407 e. The van der Waals surface area contributed by atoms with E-state index in [0.717, 1.165) is 12.8 Å². The number of fused-ring (bicyclic) bond motifs is 3. The number of imidazole rings is 1. The fourth-order valence-electron chi connectivity index (χ4n) is 5.82. The van der Waals surface area contributed by atoms with Crippen molar-refractivity contribution >= 4 is 34.6 Å². The minimum absolute atomic E-state index is 0.0816. The number of nitrogens with zero attached hydrogens (tertiary/aromatic N) is 6. The number of hydrogen-bond donors (Lipinski definition) is 1. The third kappa shape index (κ3) is 6.00. The van der Waals surface area contributed by atoms with Crippen LogP contribution in [0.3, 0.4) is 0 Å². The number of para-hydroxylation sites is 3. The number of benzene rings is 2. The van der Waals surface area contributed by atoms with E-state index in [-0.39, 0.29) is 30.3 Å². The highest BCUT2D eigenvalue weighted by molar-refractivity contribution is 6.05. The highest BCUT2D eigenvalue weighted by Gasteiger charge is 2.29. The largest absolute Gasteiger partial charge is 0.454 e. The number of hydrogen-bond acceptors (Lipinski definition) is 8. The number of aromatic nitrogens is 4. The Bertz CT molecular complexity index is 2040. The van der Waals surface area contributed by atoms with E-state index in [9.17, 15) is 14.4 Å². The van der Waals surface area contributed by atoms with Crippen molar-refractivity contribution in [3.8, 4) is 23.3 Å². The first-order valence-corrected chi connectivity index (χ1v) is 15.3. The molecule has 4 aromatic rings. The van der Waals surface area contributed by atoms with Gasteiger partial charge in [-0.05, 0) is 64.8 Å². The maximum Gasteiger partial charge on any atom is 0.407 e. The fraction of sp³-hybridized carbons (Fsp3) is 0.382. The van der Waals surface area contributed by atoms with Crippen LogP contribution in [-0.4, -0.2) is 55.2 Å². The molecule has 2 aliphatic rings. The van der Waals surface area contributed by atoms with E-state index in [0.29, 0.717) is 47.5 Å². The summed E-state index contributed by atoms with van der Waals surface area (Å²) >= 11 is 0. The average molecular weight is 624 g/mol. The molecule has 1 atom stereocenters. The van der Waals surface area contributed by atoms with E-state index < -0.39 is 22.9 Å². The molecule has 1 fully saturated rings. The van der Waals surface area contributed by atoms with Gasteiger partial charge in [-0.2, -0.15) is 4.98 Å². The summed E-state index contributed by atoms with van der Waals surface area (Å²) in [6.45, 7) is 8.42. The maximum atomic E-state index is 14.3. The van der Waals surface area contributed by atoms with E-state index in [2.05, 4.69) is 17.2 Å². The molecule has 2 aliphatic heterocycles. The van der Waals surface area contributed by atoms with Crippen molar-refractivity contribution < 1.29 is 14.3 Å². The van der Waals surface area contributed by atoms with Crippen LogP contribution >= 0.6 is 0 Å². The van der Waals surface area contributed by atoms with Crippen molar-refractivity contribution in [1.82, 2.24) is 24.0 Å². The molecule has 2 aromatic heterocycles. The quantitative estimate of drug-likeness (QED) is 0.328. The Hall–Kier alpha value is -5.31. The average Bonchev–Trinajstić information content (AvgIpc) is 3.32. The Morgan fingerprint density at radius 3 is 2.59 bits per heavy atom. The lowest BCUT2D eigenvalue weighted by atomic mass is 10.1. The number of nitrogens with one attached hydrogen (secondary N) is 1. The standard InChI is InChI=1S/C34H37N7O5/c1-6-7-19-40-28-29(37-31(40)39-18-12-13-22(20-39)35-32(43)46-34(2,3)4)38(5)33(44)41(30(28)42)21-25-23-14-8-10-16-26(23)45-27-17-11-9-15-24(27)36-25/h8-11,14-17,22H,12-13,18-21H2,1-5H3,(H,35,43)/t22-/m1/s1. The normalized spacial score (nSPS) is 15.9. The summed E-state index contributed by atoms with van der Waals surface area (Å²) < 4.78 is 16.0. The lowest BCUT2D eigenvalue weighted by Gasteiger charge is -2.34. The molecule has 0 aliphatic carbocycles. The molecule has 12 heteroatoms. The van der Waals surface area contributed by atoms with Gasteiger partial charge in [0.1, 0.15) is 17.0 Å². The first kappa shape index (κ1) is 30.7. The van der Waals surface area contributed by atoms with Crippen molar-refractivity contribution in [1.29, 1.82) is 0 Å². The van der Waals surface area contributed by atoms with Crippen LogP contribution in [-0.2, 0) is 24.9 Å². The van der Waals surface area contributed by atoms with Crippen LogP contribution in [0.15, 0.2) is 63.1 Å². The molecule has 0 saturated carbocycles. The molecule has 1 saturated heterocycles. The number of carbonyl (C=O) groups is 1. The zero-order valence-electron chi connectivity index (χ0n) is 26.7. The molecule has 12 nitrogen and oxygen atoms in total. The molecule has 1 N–H and O–H groups in total.